The lowest BCUT2D eigenvalue weighted by molar-refractivity contribution is 0.222. The van der Waals surface area contributed by atoms with Crippen molar-refractivity contribution in [1.29, 1.82) is 0 Å². The fraction of sp³-hybridized carbons (Fsp3) is 0.538. The second-order valence-corrected chi connectivity index (χ2v) is 10.8. The molecule has 0 amide bonds. The van der Waals surface area contributed by atoms with Gasteiger partial charge in [0.25, 0.3) is 7.52 Å². The zero-order valence-electron chi connectivity index (χ0n) is 20.1. The number of benzene rings is 2. The van der Waals surface area contributed by atoms with Crippen molar-refractivity contribution in [3.05, 3.63) is 53.6 Å². The summed E-state index contributed by atoms with van der Waals surface area (Å²) >= 11 is 0. The van der Waals surface area contributed by atoms with E-state index in [9.17, 15) is 18.2 Å². The van der Waals surface area contributed by atoms with Gasteiger partial charge < -0.3 is 14.8 Å². The Hall–Kier alpha value is -1.79. The van der Waals surface area contributed by atoms with Crippen molar-refractivity contribution in [2.24, 2.45) is 0 Å². The summed E-state index contributed by atoms with van der Waals surface area (Å²) in [5, 5.41) is 9.99. The zero-order chi connectivity index (χ0) is 24.8. The molecule has 0 spiro atoms. The topological polar surface area (TPSA) is 78.8 Å². The quantitative estimate of drug-likeness (QED) is 0.119. The number of ether oxygens (including phenoxy) is 1. The second kappa shape index (κ2) is 15.3. The van der Waals surface area contributed by atoms with E-state index in [4.69, 9.17) is 9.94 Å². The number of unbranched alkanes of at least 4 members (excludes halogenated alkanes) is 8. The van der Waals surface area contributed by atoms with Crippen LogP contribution in [0.3, 0.4) is 0 Å². The lowest BCUT2D eigenvalue weighted by Crippen LogP contribution is -2.06. The molecule has 3 N–H and O–H groups in total. The van der Waals surface area contributed by atoms with Crippen molar-refractivity contribution < 1.29 is 28.2 Å². The van der Waals surface area contributed by atoms with Gasteiger partial charge in [0.05, 0.1) is 6.61 Å². The van der Waals surface area contributed by atoms with Gasteiger partial charge in [-0.3, -0.25) is 4.57 Å². The van der Waals surface area contributed by atoms with Crippen molar-refractivity contribution in [2.45, 2.75) is 77.6 Å². The van der Waals surface area contributed by atoms with E-state index in [1.807, 2.05) is 13.0 Å². The average molecular weight is 498 g/mol. The Kier molecular flexibility index (Phi) is 12.8. The van der Waals surface area contributed by atoms with Crippen LogP contribution in [-0.4, -0.2) is 22.9 Å². The molecule has 190 valence electrons. The van der Waals surface area contributed by atoms with E-state index in [-0.39, 0.29) is 17.3 Å². The molecule has 1 atom stereocenters. The molecule has 0 saturated heterocycles. The Bertz CT molecular complexity index is 926. The van der Waals surface area contributed by atoms with Gasteiger partial charge in [-0.1, -0.05) is 70.4 Å². The van der Waals surface area contributed by atoms with E-state index in [0.717, 1.165) is 69.8 Å². The summed E-state index contributed by atoms with van der Waals surface area (Å²) in [6, 6.07) is 9.54. The van der Waals surface area contributed by atoms with Crippen LogP contribution in [0.1, 0.15) is 76.7 Å². The summed E-state index contributed by atoms with van der Waals surface area (Å²) in [5.74, 6) is -0.448. The molecule has 2 aromatic carbocycles. The lowest BCUT2D eigenvalue weighted by Gasteiger charge is -2.10. The van der Waals surface area contributed by atoms with Crippen LogP contribution < -0.4 is 9.99 Å². The summed E-state index contributed by atoms with van der Waals surface area (Å²) in [4.78, 5) is 9.20. The fourth-order valence-corrected chi connectivity index (χ4v) is 4.68. The van der Waals surface area contributed by atoms with Gasteiger partial charge in [0.1, 0.15) is 17.4 Å². The third kappa shape index (κ3) is 10.2. The highest BCUT2D eigenvalue weighted by molar-refractivity contribution is 7.55. The van der Waals surface area contributed by atoms with Crippen LogP contribution in [0.25, 0.3) is 11.1 Å². The highest BCUT2D eigenvalue weighted by Gasteiger charge is 2.15. The molecule has 0 aliphatic heterocycles. The van der Waals surface area contributed by atoms with Gasteiger partial charge in [-0.25, -0.2) is 8.78 Å². The van der Waals surface area contributed by atoms with Gasteiger partial charge in [0.15, 0.2) is 0 Å². The van der Waals surface area contributed by atoms with Crippen molar-refractivity contribution in [1.82, 2.24) is 5.25 Å². The molecular formula is C26H38F2NO4P. The monoisotopic (exact) mass is 497 g/mol. The molecule has 0 fully saturated rings. The minimum Gasteiger partial charge on any atom is -0.493 e. The zero-order valence-corrected chi connectivity index (χ0v) is 21.0. The largest absolute Gasteiger partial charge is 0.493 e. The smallest absolute Gasteiger partial charge is 0.289 e. The van der Waals surface area contributed by atoms with E-state index >= 15 is 0 Å². The number of aryl methyl sites for hydroxylation is 1. The van der Waals surface area contributed by atoms with E-state index < -0.39 is 19.2 Å². The number of hydrogen-bond acceptors (Lipinski definition) is 3. The molecule has 34 heavy (non-hydrogen) atoms. The minimum absolute atomic E-state index is 0.0964. The summed E-state index contributed by atoms with van der Waals surface area (Å²) in [6.45, 7) is 2.55. The first-order valence-electron chi connectivity index (χ1n) is 12.3. The molecule has 5 nitrogen and oxygen atoms in total. The number of halogens is 2. The van der Waals surface area contributed by atoms with E-state index in [1.54, 1.807) is 18.2 Å². The summed E-state index contributed by atoms with van der Waals surface area (Å²) in [5.41, 5.74) is 1.42. The van der Waals surface area contributed by atoms with Crippen LogP contribution in [0, 0.1) is 11.6 Å². The fourth-order valence-electron chi connectivity index (χ4n) is 3.93. The first kappa shape index (κ1) is 28.4. The van der Waals surface area contributed by atoms with E-state index in [2.05, 4.69) is 0 Å². The molecule has 1 unspecified atom stereocenters. The van der Waals surface area contributed by atoms with Crippen LogP contribution in [-0.2, 0) is 11.0 Å². The molecule has 0 aliphatic carbocycles. The Morgan fingerprint density at radius 2 is 1.41 bits per heavy atom. The van der Waals surface area contributed by atoms with Crippen LogP contribution in [0.2, 0.25) is 0 Å². The van der Waals surface area contributed by atoms with Crippen molar-refractivity contribution >= 4 is 7.52 Å². The van der Waals surface area contributed by atoms with E-state index in [1.165, 1.54) is 17.4 Å². The van der Waals surface area contributed by atoms with Gasteiger partial charge in [-0.2, -0.15) is 0 Å². The first-order valence-corrected chi connectivity index (χ1v) is 14.1. The standard InChI is InChI=1S/C26H38F2NO4P/c1-2-12-21-13-15-23(25(27)19-21)24-16-14-22(20-26(24)28)33-17-10-8-6-4-3-5-7-9-11-18-34(31,32)29-30/h13-16,19-20,30H,2-12,17-18H2,1H3,(H2,29,31,32). The van der Waals surface area contributed by atoms with E-state index in [0.29, 0.717) is 18.8 Å². The normalized spacial score (nSPS) is 13.1. The maximum Gasteiger partial charge on any atom is 0.289 e. The van der Waals surface area contributed by atoms with Crippen molar-refractivity contribution in [3.63, 3.8) is 0 Å². The highest BCUT2D eigenvalue weighted by Crippen LogP contribution is 2.35. The summed E-state index contributed by atoms with van der Waals surface area (Å²) in [7, 11) is -3.54. The third-order valence-electron chi connectivity index (χ3n) is 5.83. The van der Waals surface area contributed by atoms with Crippen LogP contribution in [0.5, 0.6) is 5.75 Å². The lowest BCUT2D eigenvalue weighted by atomic mass is 10.0. The van der Waals surface area contributed by atoms with Crippen LogP contribution in [0.15, 0.2) is 36.4 Å². The van der Waals surface area contributed by atoms with Gasteiger partial charge in [-0.05, 0) is 43.0 Å². The molecule has 0 bridgehead atoms. The van der Waals surface area contributed by atoms with Crippen LogP contribution in [0.4, 0.5) is 8.78 Å². The highest BCUT2D eigenvalue weighted by atomic mass is 31.2. The minimum atomic E-state index is -3.54. The Morgan fingerprint density at radius 1 is 0.853 bits per heavy atom. The molecule has 8 heteroatoms. The molecule has 2 rings (SSSR count). The molecule has 0 heterocycles. The van der Waals surface area contributed by atoms with Crippen LogP contribution >= 0.6 is 7.52 Å². The molecular weight excluding hydrogens is 459 g/mol. The number of hydrogen-bond donors (Lipinski definition) is 3. The van der Waals surface area contributed by atoms with Gasteiger partial charge in [-0.15, -0.1) is 5.25 Å². The van der Waals surface area contributed by atoms with Gasteiger partial charge >= 0.3 is 0 Å². The molecule has 2 aromatic rings. The molecule has 0 radical (unpaired) electrons. The summed E-state index contributed by atoms with van der Waals surface area (Å²) in [6.07, 6.45) is 10.7. The van der Waals surface area contributed by atoms with Gasteiger partial charge in [0.2, 0.25) is 0 Å². The maximum absolute atomic E-state index is 14.6. The third-order valence-corrected chi connectivity index (χ3v) is 7.07. The average Bonchev–Trinajstić information content (AvgIpc) is 2.81. The molecule has 0 aliphatic rings. The number of rotatable bonds is 17. The maximum atomic E-state index is 14.6. The van der Waals surface area contributed by atoms with Crippen molar-refractivity contribution in [2.75, 3.05) is 12.8 Å². The molecule has 0 aromatic heterocycles. The number of nitrogens with one attached hydrogen (secondary N) is 1. The van der Waals surface area contributed by atoms with Crippen molar-refractivity contribution in [3.8, 4) is 16.9 Å². The predicted molar refractivity (Wildman–Crippen MR) is 132 cm³/mol. The Morgan fingerprint density at radius 3 is 1.97 bits per heavy atom. The summed E-state index contributed by atoms with van der Waals surface area (Å²) < 4.78 is 45.9. The second-order valence-electron chi connectivity index (χ2n) is 8.76. The Balaban J connectivity index is 1.60. The SMILES string of the molecule is CCCc1ccc(-c2ccc(OCCCCCCCCCCCP(=O)(O)NO)cc2F)c(F)c1. The Labute approximate surface area is 202 Å². The first-order chi connectivity index (χ1) is 16.4. The predicted octanol–water partition coefficient (Wildman–Crippen LogP) is 7.64. The molecule has 0 saturated carbocycles. The van der Waals surface area contributed by atoms with Gasteiger partial charge in [0, 0.05) is 23.4 Å².